The van der Waals surface area contributed by atoms with Gasteiger partial charge in [0.25, 0.3) is 0 Å². The summed E-state index contributed by atoms with van der Waals surface area (Å²) in [7, 11) is -3.49. The topological polar surface area (TPSA) is 95.6 Å². The molecule has 0 radical (unpaired) electrons. The lowest BCUT2D eigenvalue weighted by Crippen LogP contribution is -2.48. The Morgan fingerprint density at radius 2 is 1.45 bits per heavy atom. The molecule has 33 heavy (non-hydrogen) atoms. The third-order valence-corrected chi connectivity index (χ3v) is 9.97. The second-order valence-electron chi connectivity index (χ2n) is 10.4. The average Bonchev–Trinajstić information content (AvgIpc) is 2.76. The molecule has 0 atom stereocenters. The van der Waals surface area contributed by atoms with Crippen molar-refractivity contribution in [3.05, 3.63) is 29.8 Å². The zero-order chi connectivity index (χ0) is 23.6. The van der Waals surface area contributed by atoms with Crippen LogP contribution in [0.25, 0.3) is 0 Å². The summed E-state index contributed by atoms with van der Waals surface area (Å²) in [6, 6.07) is 6.56. The molecular weight excluding hydrogens is 438 g/mol. The molecule has 0 heterocycles. The smallest absolute Gasteiger partial charge is 0.243 e. The van der Waals surface area contributed by atoms with E-state index in [9.17, 15) is 18.0 Å². The fourth-order valence-corrected chi connectivity index (χ4v) is 8.30. The van der Waals surface area contributed by atoms with Crippen molar-refractivity contribution in [1.82, 2.24) is 14.9 Å². The lowest BCUT2D eigenvalue weighted by molar-refractivity contribution is -0.131. The lowest BCUT2D eigenvalue weighted by Gasteiger charge is -2.56. The molecule has 1 aromatic rings. The van der Waals surface area contributed by atoms with Crippen LogP contribution in [-0.2, 0) is 26.2 Å². The molecule has 1 aromatic carbocycles. The van der Waals surface area contributed by atoms with E-state index in [1.165, 1.54) is 42.8 Å². The lowest BCUT2D eigenvalue weighted by atomic mass is 9.49. The van der Waals surface area contributed by atoms with Gasteiger partial charge in [-0.25, -0.2) is 8.42 Å². The maximum atomic E-state index is 12.6. The van der Waals surface area contributed by atoms with Gasteiger partial charge >= 0.3 is 0 Å². The van der Waals surface area contributed by atoms with Gasteiger partial charge in [0.05, 0.1) is 11.4 Å². The van der Waals surface area contributed by atoms with Crippen molar-refractivity contribution >= 4 is 21.8 Å². The maximum absolute atomic E-state index is 12.6. The highest BCUT2D eigenvalue weighted by atomic mass is 32.2. The quantitative estimate of drug-likeness (QED) is 0.544. The summed E-state index contributed by atoms with van der Waals surface area (Å²) in [5, 5.41) is 5.62. The number of amides is 2. The predicted molar refractivity (Wildman–Crippen MR) is 127 cm³/mol. The summed E-state index contributed by atoms with van der Waals surface area (Å²) < 4.78 is 26.5. The summed E-state index contributed by atoms with van der Waals surface area (Å²) in [6.45, 7) is 4.73. The van der Waals surface area contributed by atoms with Crippen LogP contribution in [-0.4, -0.2) is 44.2 Å². The van der Waals surface area contributed by atoms with E-state index in [1.807, 2.05) is 13.8 Å². The van der Waals surface area contributed by atoms with E-state index in [2.05, 4.69) is 10.6 Å². The van der Waals surface area contributed by atoms with Crippen LogP contribution < -0.4 is 10.6 Å². The highest BCUT2D eigenvalue weighted by Gasteiger charge is 2.51. The zero-order valence-electron chi connectivity index (χ0n) is 19.8. The molecular formula is C25H37N3O4S. The number of hydrogen-bond donors (Lipinski definition) is 2. The Labute approximate surface area is 197 Å². The minimum atomic E-state index is -3.49. The molecule has 182 valence electrons. The first kappa shape index (κ1) is 24.2. The van der Waals surface area contributed by atoms with Crippen LogP contribution in [0.1, 0.15) is 64.4 Å². The minimum Gasteiger partial charge on any atom is -0.350 e. The fourth-order valence-electron chi connectivity index (χ4n) is 6.84. The molecule has 0 spiro atoms. The van der Waals surface area contributed by atoms with Crippen molar-refractivity contribution in [2.75, 3.05) is 19.6 Å². The summed E-state index contributed by atoms with van der Waals surface area (Å²) in [5.41, 5.74) is 0.976. The molecule has 2 amide bonds. The van der Waals surface area contributed by atoms with E-state index < -0.39 is 10.0 Å². The third-order valence-electron chi connectivity index (χ3n) is 7.90. The highest BCUT2D eigenvalue weighted by molar-refractivity contribution is 7.89. The molecule has 2 N–H and O–H groups in total. The number of sulfonamides is 1. The van der Waals surface area contributed by atoms with Crippen molar-refractivity contribution < 1.29 is 18.0 Å². The van der Waals surface area contributed by atoms with Crippen LogP contribution in [0.4, 0.5) is 0 Å². The second kappa shape index (κ2) is 9.74. The molecule has 5 rings (SSSR count). The summed E-state index contributed by atoms with van der Waals surface area (Å²) in [6.07, 6.45) is 8.14. The zero-order valence-corrected chi connectivity index (χ0v) is 20.6. The molecule has 8 heteroatoms. The van der Waals surface area contributed by atoms with Gasteiger partial charge in [-0.15, -0.1) is 0 Å². The van der Waals surface area contributed by atoms with Gasteiger partial charge in [-0.2, -0.15) is 4.31 Å². The van der Waals surface area contributed by atoms with Gasteiger partial charge in [0, 0.05) is 26.1 Å². The molecule has 0 unspecified atom stereocenters. The molecule has 4 aliphatic rings. The first-order chi connectivity index (χ1) is 15.7. The van der Waals surface area contributed by atoms with Crippen LogP contribution in [0.2, 0.25) is 0 Å². The number of benzene rings is 1. The largest absolute Gasteiger partial charge is 0.350 e. The SMILES string of the molecule is CCN(CC)S(=O)(=O)c1ccc(CNC(=O)CNC(=O)CC23CC4CC(CC(C4)C2)C3)cc1. The monoisotopic (exact) mass is 475 g/mol. The van der Waals surface area contributed by atoms with Gasteiger partial charge < -0.3 is 10.6 Å². The highest BCUT2D eigenvalue weighted by Crippen LogP contribution is 2.61. The van der Waals surface area contributed by atoms with Crippen molar-refractivity contribution in [2.24, 2.45) is 23.2 Å². The standard InChI is InChI=1S/C25H37N3O4S/c1-3-28(4-2)33(31,32)22-7-5-18(6-8-22)16-26-24(30)17-27-23(29)15-25-12-19-9-20(13-25)11-21(10-19)14-25/h5-8,19-21H,3-4,9-17H2,1-2H3,(H,26,30)(H,27,29). The van der Waals surface area contributed by atoms with Crippen LogP contribution in [0.3, 0.4) is 0 Å². The number of carbonyl (C=O) groups is 2. The van der Waals surface area contributed by atoms with Crippen LogP contribution in [0.5, 0.6) is 0 Å². The predicted octanol–water partition coefficient (Wildman–Crippen LogP) is 3.06. The van der Waals surface area contributed by atoms with E-state index in [0.29, 0.717) is 19.5 Å². The first-order valence-electron chi connectivity index (χ1n) is 12.4. The maximum Gasteiger partial charge on any atom is 0.243 e. The van der Waals surface area contributed by atoms with E-state index >= 15 is 0 Å². The summed E-state index contributed by atoms with van der Waals surface area (Å²) >= 11 is 0. The van der Waals surface area contributed by atoms with E-state index in [1.54, 1.807) is 24.3 Å². The Kier molecular flexibility index (Phi) is 7.15. The molecule has 4 aliphatic carbocycles. The average molecular weight is 476 g/mol. The molecule has 0 aliphatic heterocycles. The number of rotatable bonds is 10. The van der Waals surface area contributed by atoms with E-state index in [0.717, 1.165) is 23.3 Å². The van der Waals surface area contributed by atoms with E-state index in [4.69, 9.17) is 0 Å². The van der Waals surface area contributed by atoms with Crippen LogP contribution >= 0.6 is 0 Å². The Bertz CT molecular complexity index is 935. The normalized spacial score (nSPS) is 28.2. The number of nitrogens with one attached hydrogen (secondary N) is 2. The Balaban J connectivity index is 1.22. The molecule has 7 nitrogen and oxygen atoms in total. The Hall–Kier alpha value is -1.93. The fraction of sp³-hybridized carbons (Fsp3) is 0.680. The van der Waals surface area contributed by atoms with Crippen LogP contribution in [0.15, 0.2) is 29.2 Å². The second-order valence-corrected chi connectivity index (χ2v) is 12.3. The van der Waals surface area contributed by atoms with Gasteiger partial charge in [-0.1, -0.05) is 26.0 Å². The molecule has 0 aromatic heterocycles. The van der Waals surface area contributed by atoms with Crippen molar-refractivity contribution in [3.8, 4) is 0 Å². The van der Waals surface area contributed by atoms with Gasteiger partial charge in [0.2, 0.25) is 21.8 Å². The van der Waals surface area contributed by atoms with Crippen molar-refractivity contribution in [2.45, 2.75) is 70.2 Å². The van der Waals surface area contributed by atoms with E-state index in [-0.39, 0.29) is 35.2 Å². The first-order valence-corrected chi connectivity index (χ1v) is 13.8. The summed E-state index contributed by atoms with van der Waals surface area (Å²) in [4.78, 5) is 25.1. The van der Waals surface area contributed by atoms with Crippen molar-refractivity contribution in [1.29, 1.82) is 0 Å². The van der Waals surface area contributed by atoms with Gasteiger partial charge in [0.1, 0.15) is 0 Å². The number of hydrogen-bond acceptors (Lipinski definition) is 4. The Morgan fingerprint density at radius 3 is 1.97 bits per heavy atom. The third kappa shape index (κ3) is 5.43. The minimum absolute atomic E-state index is 0.0157. The molecule has 4 fully saturated rings. The van der Waals surface area contributed by atoms with Gasteiger partial charge in [-0.3, -0.25) is 9.59 Å². The van der Waals surface area contributed by atoms with Gasteiger partial charge in [0.15, 0.2) is 0 Å². The molecule has 0 saturated heterocycles. The summed E-state index contributed by atoms with van der Waals surface area (Å²) in [5.74, 6) is 2.16. The molecule has 4 saturated carbocycles. The number of nitrogens with zero attached hydrogens (tertiary/aromatic N) is 1. The van der Waals surface area contributed by atoms with Crippen LogP contribution in [0, 0.1) is 23.2 Å². The van der Waals surface area contributed by atoms with Gasteiger partial charge in [-0.05, 0) is 79.4 Å². The molecule has 4 bridgehead atoms. The van der Waals surface area contributed by atoms with Crippen molar-refractivity contribution in [3.63, 3.8) is 0 Å². The number of carbonyl (C=O) groups excluding carboxylic acids is 2. The Morgan fingerprint density at radius 1 is 0.909 bits per heavy atom.